The van der Waals surface area contributed by atoms with Crippen LogP contribution in [0.1, 0.15) is 27.7 Å². The van der Waals surface area contributed by atoms with E-state index in [9.17, 15) is 0 Å². The average Bonchev–Trinajstić information content (AvgIpc) is 3.02. The SMILES string of the molecule is CC[N](C)[Hf]([CH2]C)([CH]1C=CC=C1)([N](C)CC)[N](C)CC. The van der Waals surface area contributed by atoms with Crippen molar-refractivity contribution in [1.82, 2.24) is 8.66 Å². The standard InChI is InChI=1S/C5H5.3C3H8N.C2H5.Hf/c1-2-4-5-3-1;3*1-3-4-2;1-2;/h1-5H;3*3H2,1-2H3;1H2,2H3;/q;3*-1;;+3. The Labute approximate surface area is 128 Å². The van der Waals surface area contributed by atoms with Crippen molar-refractivity contribution in [2.45, 2.75) is 35.5 Å². The quantitative estimate of drug-likeness (QED) is 0.527. The van der Waals surface area contributed by atoms with E-state index in [1.54, 1.807) is 0 Å². The zero-order valence-corrected chi connectivity index (χ0v) is 18.1. The Balaban J connectivity index is 3.62. The third kappa shape index (κ3) is 2.23. The van der Waals surface area contributed by atoms with Gasteiger partial charge in [-0.3, -0.25) is 0 Å². The first-order valence-corrected chi connectivity index (χ1v) is 17.5. The van der Waals surface area contributed by atoms with E-state index >= 15 is 0 Å². The van der Waals surface area contributed by atoms with Gasteiger partial charge in [0.15, 0.2) is 0 Å². The zero-order valence-electron chi connectivity index (χ0n) is 14.6. The molecule has 1 rings (SSSR count). The van der Waals surface area contributed by atoms with Crippen LogP contribution >= 0.6 is 0 Å². The van der Waals surface area contributed by atoms with Crippen LogP contribution in [0.25, 0.3) is 0 Å². The maximum atomic E-state index is 2.74. The van der Waals surface area contributed by atoms with Crippen LogP contribution in [0.15, 0.2) is 24.3 Å². The number of hydrogen-bond donors (Lipinski definition) is 0. The van der Waals surface area contributed by atoms with Crippen molar-refractivity contribution in [3.8, 4) is 0 Å². The fraction of sp³-hybridized carbons (Fsp3) is 0.750. The van der Waals surface area contributed by atoms with Crippen LogP contribution in [0.4, 0.5) is 0 Å². The molecule has 0 atom stereocenters. The molecule has 3 nitrogen and oxygen atoms in total. The molecule has 0 aromatic heterocycles. The molecule has 0 spiro atoms. The molecule has 1 aliphatic rings. The summed E-state index contributed by atoms with van der Waals surface area (Å²) >= 11 is -3.64. The van der Waals surface area contributed by atoms with Gasteiger partial charge in [0.25, 0.3) is 0 Å². The summed E-state index contributed by atoms with van der Waals surface area (Å²) in [6, 6.07) is 0. The van der Waals surface area contributed by atoms with Crippen molar-refractivity contribution in [3.05, 3.63) is 24.3 Å². The number of rotatable bonds is 8. The molecule has 0 fully saturated rings. The normalized spacial score (nSPS) is 18.4. The van der Waals surface area contributed by atoms with Gasteiger partial charge in [0.05, 0.1) is 0 Å². The summed E-state index contributed by atoms with van der Waals surface area (Å²) in [7, 11) is 7.08. The first kappa shape index (κ1) is 18.3. The average molecular weight is 447 g/mol. The third-order valence-electron chi connectivity index (χ3n) is 6.03. The topological polar surface area (TPSA) is 9.72 Å². The summed E-state index contributed by atoms with van der Waals surface area (Å²) in [5.74, 6) is 0. The molecule has 0 N–H and O–H groups in total. The van der Waals surface area contributed by atoms with Gasteiger partial charge in [0.1, 0.15) is 0 Å². The van der Waals surface area contributed by atoms with Gasteiger partial charge in [-0.25, -0.2) is 0 Å². The molecule has 117 valence electrons. The molecule has 0 saturated heterocycles. The second-order valence-corrected chi connectivity index (χ2v) is 29.0. The minimum absolute atomic E-state index is 0.594. The summed E-state index contributed by atoms with van der Waals surface area (Å²) in [4.78, 5) is 0. The van der Waals surface area contributed by atoms with E-state index in [1.165, 1.54) is 4.18 Å². The molecule has 0 aliphatic heterocycles. The molecule has 20 heavy (non-hydrogen) atoms. The minimum atomic E-state index is -3.64. The van der Waals surface area contributed by atoms with Gasteiger partial charge >= 0.3 is 129 Å². The molecule has 0 heterocycles. The van der Waals surface area contributed by atoms with Gasteiger partial charge < -0.3 is 0 Å². The molecule has 0 amide bonds. The van der Waals surface area contributed by atoms with Gasteiger partial charge in [-0.2, -0.15) is 0 Å². The van der Waals surface area contributed by atoms with Crippen LogP contribution in [-0.4, -0.2) is 49.4 Å². The van der Waals surface area contributed by atoms with Gasteiger partial charge in [0, 0.05) is 0 Å². The van der Waals surface area contributed by atoms with Gasteiger partial charge in [-0.05, 0) is 0 Å². The first-order valence-electron chi connectivity index (χ1n) is 8.10. The third-order valence-corrected chi connectivity index (χ3v) is 38.5. The molecule has 0 saturated carbocycles. The summed E-state index contributed by atoms with van der Waals surface area (Å²) in [5, 5.41) is 0. The van der Waals surface area contributed by atoms with Gasteiger partial charge in [0.2, 0.25) is 0 Å². The second-order valence-electron chi connectivity index (χ2n) is 6.06. The molecule has 1 aliphatic carbocycles. The molecular weight excluding hydrogens is 413 g/mol. The van der Waals surface area contributed by atoms with Gasteiger partial charge in [-0.15, -0.1) is 0 Å². The molecule has 0 bridgehead atoms. The Morgan fingerprint density at radius 1 is 0.750 bits per heavy atom. The van der Waals surface area contributed by atoms with Crippen LogP contribution in [0.3, 0.4) is 0 Å². The van der Waals surface area contributed by atoms with E-state index in [0.717, 1.165) is 19.6 Å². The van der Waals surface area contributed by atoms with E-state index in [2.05, 4.69) is 81.8 Å². The Bertz CT molecular complexity index is 337. The summed E-state index contributed by atoms with van der Waals surface area (Å²) < 4.78 is 10.1. The monoisotopic (exact) mass is 448 g/mol. The fourth-order valence-corrected chi connectivity index (χ4v) is 34.9. The van der Waals surface area contributed by atoms with Crippen molar-refractivity contribution in [3.63, 3.8) is 0 Å². The number of allylic oxidation sites excluding steroid dienone is 4. The van der Waals surface area contributed by atoms with Crippen LogP contribution in [0, 0.1) is 0 Å². The van der Waals surface area contributed by atoms with Crippen LogP contribution in [0.2, 0.25) is 7.85 Å². The molecule has 0 unspecified atom stereocenters. The van der Waals surface area contributed by atoms with Crippen LogP contribution in [0.5, 0.6) is 0 Å². The van der Waals surface area contributed by atoms with Crippen LogP contribution < -0.4 is 0 Å². The summed E-state index contributed by atoms with van der Waals surface area (Å²) in [5.41, 5.74) is 0. The van der Waals surface area contributed by atoms with Crippen molar-refractivity contribution < 1.29 is 19.4 Å². The van der Waals surface area contributed by atoms with Crippen molar-refractivity contribution in [2.24, 2.45) is 0 Å². The molecule has 0 aromatic rings. The molecule has 0 aromatic carbocycles. The molecule has 4 heteroatoms. The van der Waals surface area contributed by atoms with E-state index in [-0.39, 0.29) is 0 Å². The Morgan fingerprint density at radius 3 is 1.35 bits per heavy atom. The summed E-state index contributed by atoms with van der Waals surface area (Å²) in [6.07, 6.45) is 9.38. The predicted molar refractivity (Wildman–Crippen MR) is 87.4 cm³/mol. The van der Waals surface area contributed by atoms with Crippen molar-refractivity contribution in [2.75, 3.05) is 40.8 Å². The summed E-state index contributed by atoms with van der Waals surface area (Å²) in [6.45, 7) is 12.7. The Morgan fingerprint density at radius 2 is 1.10 bits per heavy atom. The van der Waals surface area contributed by atoms with E-state index < -0.39 is 19.4 Å². The first-order chi connectivity index (χ1) is 9.45. The van der Waals surface area contributed by atoms with E-state index in [1.807, 2.05) is 0 Å². The van der Waals surface area contributed by atoms with E-state index in [0.29, 0.717) is 3.67 Å². The van der Waals surface area contributed by atoms with Crippen molar-refractivity contribution >= 4 is 0 Å². The zero-order chi connectivity index (χ0) is 15.4. The van der Waals surface area contributed by atoms with Crippen LogP contribution in [-0.2, 0) is 19.4 Å². The number of nitrogens with zero attached hydrogens (tertiary/aromatic N) is 3. The van der Waals surface area contributed by atoms with Gasteiger partial charge in [-0.1, -0.05) is 0 Å². The van der Waals surface area contributed by atoms with E-state index in [4.69, 9.17) is 0 Å². The van der Waals surface area contributed by atoms with Crippen molar-refractivity contribution in [1.29, 1.82) is 0 Å². The fourth-order valence-electron chi connectivity index (χ4n) is 4.54. The Kier molecular flexibility index (Phi) is 6.39. The maximum absolute atomic E-state index is 3.64. The molecule has 0 radical (unpaired) electrons. The predicted octanol–water partition coefficient (Wildman–Crippen LogP) is 3.63. The number of hydrogen-bond acceptors (Lipinski definition) is 3. The Hall–Kier alpha value is 0.230. The second kappa shape index (κ2) is 6.99. The molecular formula is C16H34HfN3.